The number of fused-ring (bicyclic) bond motifs is 1. The molecular weight excluding hydrogens is 300 g/mol. The lowest BCUT2D eigenvalue weighted by molar-refractivity contribution is 0.413. The summed E-state index contributed by atoms with van der Waals surface area (Å²) >= 11 is 0. The second-order valence-corrected chi connectivity index (χ2v) is 6.50. The van der Waals surface area contributed by atoms with Crippen molar-refractivity contribution in [3.05, 3.63) is 41.1 Å². The van der Waals surface area contributed by atoms with Gasteiger partial charge >= 0.3 is 0 Å². The van der Waals surface area contributed by atoms with Crippen LogP contribution in [-0.2, 0) is 19.4 Å². The summed E-state index contributed by atoms with van der Waals surface area (Å²) in [7, 11) is 1.72. The quantitative estimate of drug-likeness (QED) is 0.912. The normalized spacial score (nSPS) is 13.8. The summed E-state index contributed by atoms with van der Waals surface area (Å²) in [4.78, 5) is 11.7. The van der Waals surface area contributed by atoms with Crippen LogP contribution in [0, 0.1) is 0 Å². The van der Waals surface area contributed by atoms with Gasteiger partial charge in [0.1, 0.15) is 11.6 Å². The summed E-state index contributed by atoms with van der Waals surface area (Å²) in [6.07, 6.45) is 1.91. The van der Waals surface area contributed by atoms with Gasteiger partial charge < -0.3 is 15.0 Å². The number of hydrogen-bond donors (Lipinski definition) is 1. The van der Waals surface area contributed by atoms with Crippen molar-refractivity contribution in [2.75, 3.05) is 23.9 Å². The zero-order chi connectivity index (χ0) is 17.1. The SMILES string of the molecule is CCc1cc(N2CCc3cc(OC)ccc3C2)nc(NC(C)C)n1. The van der Waals surface area contributed by atoms with Crippen LogP contribution in [0.1, 0.15) is 37.6 Å². The maximum absolute atomic E-state index is 5.33. The van der Waals surface area contributed by atoms with Crippen molar-refractivity contribution >= 4 is 11.8 Å². The van der Waals surface area contributed by atoms with E-state index >= 15 is 0 Å². The zero-order valence-electron chi connectivity index (χ0n) is 15.0. The van der Waals surface area contributed by atoms with E-state index in [0.29, 0.717) is 6.04 Å². The van der Waals surface area contributed by atoms with Gasteiger partial charge in [-0.1, -0.05) is 13.0 Å². The van der Waals surface area contributed by atoms with Gasteiger partial charge in [0.25, 0.3) is 0 Å². The second kappa shape index (κ2) is 7.07. The van der Waals surface area contributed by atoms with Gasteiger partial charge in [-0.25, -0.2) is 4.98 Å². The van der Waals surface area contributed by atoms with Crippen molar-refractivity contribution in [3.63, 3.8) is 0 Å². The predicted molar refractivity (Wildman–Crippen MR) is 97.9 cm³/mol. The van der Waals surface area contributed by atoms with Crippen molar-refractivity contribution in [1.82, 2.24) is 9.97 Å². The Morgan fingerprint density at radius 2 is 2.04 bits per heavy atom. The number of hydrogen-bond acceptors (Lipinski definition) is 5. The molecule has 0 amide bonds. The Hall–Kier alpha value is -2.30. The number of aromatic nitrogens is 2. The Kier molecular flexibility index (Phi) is 4.88. The van der Waals surface area contributed by atoms with E-state index in [1.165, 1.54) is 11.1 Å². The van der Waals surface area contributed by atoms with Crippen molar-refractivity contribution in [2.24, 2.45) is 0 Å². The highest BCUT2D eigenvalue weighted by molar-refractivity contribution is 5.49. The highest BCUT2D eigenvalue weighted by Crippen LogP contribution is 2.27. The first-order valence-corrected chi connectivity index (χ1v) is 8.64. The third-order valence-electron chi connectivity index (χ3n) is 4.30. The van der Waals surface area contributed by atoms with Crippen LogP contribution in [0.2, 0.25) is 0 Å². The minimum absolute atomic E-state index is 0.319. The molecule has 0 bridgehead atoms. The fourth-order valence-corrected chi connectivity index (χ4v) is 3.00. The molecule has 128 valence electrons. The number of ether oxygens (including phenoxy) is 1. The molecule has 0 aliphatic carbocycles. The fourth-order valence-electron chi connectivity index (χ4n) is 3.00. The predicted octanol–water partition coefficient (Wildman–Crippen LogP) is 3.43. The number of methoxy groups -OCH3 is 1. The lowest BCUT2D eigenvalue weighted by atomic mass is 9.99. The summed E-state index contributed by atoms with van der Waals surface area (Å²) in [6, 6.07) is 8.77. The molecule has 0 saturated heterocycles. The average Bonchev–Trinajstić information content (AvgIpc) is 2.59. The van der Waals surface area contributed by atoms with Gasteiger partial charge in [-0.3, -0.25) is 0 Å². The standard InChI is InChI=1S/C19H26N4O/c1-5-16-11-18(22-19(21-16)20-13(2)3)23-9-8-14-10-17(24-4)7-6-15(14)12-23/h6-7,10-11,13H,5,8-9,12H2,1-4H3,(H,20,21,22). The van der Waals surface area contributed by atoms with Crippen molar-refractivity contribution in [2.45, 2.75) is 46.2 Å². The highest BCUT2D eigenvalue weighted by Gasteiger charge is 2.19. The molecule has 3 rings (SSSR count). The van der Waals surface area contributed by atoms with Crippen LogP contribution in [0.4, 0.5) is 11.8 Å². The van der Waals surface area contributed by atoms with Crippen LogP contribution in [-0.4, -0.2) is 29.7 Å². The van der Waals surface area contributed by atoms with Gasteiger partial charge in [0.2, 0.25) is 5.95 Å². The number of nitrogens with one attached hydrogen (secondary N) is 1. The van der Waals surface area contributed by atoms with E-state index in [2.05, 4.69) is 54.2 Å². The molecular formula is C19H26N4O. The highest BCUT2D eigenvalue weighted by atomic mass is 16.5. The van der Waals surface area contributed by atoms with Crippen LogP contribution in [0.15, 0.2) is 24.3 Å². The number of aryl methyl sites for hydroxylation is 1. The summed E-state index contributed by atoms with van der Waals surface area (Å²) in [5.74, 6) is 2.66. The molecule has 2 aromatic rings. The van der Waals surface area contributed by atoms with Crippen molar-refractivity contribution < 1.29 is 4.74 Å². The van der Waals surface area contributed by atoms with Gasteiger partial charge in [0.05, 0.1) is 7.11 Å². The maximum Gasteiger partial charge on any atom is 0.225 e. The molecule has 5 heteroatoms. The molecule has 0 fully saturated rings. The Morgan fingerprint density at radius 1 is 1.21 bits per heavy atom. The van der Waals surface area contributed by atoms with E-state index < -0.39 is 0 Å². The molecule has 0 radical (unpaired) electrons. The van der Waals surface area contributed by atoms with Gasteiger partial charge in [-0.15, -0.1) is 0 Å². The van der Waals surface area contributed by atoms with E-state index in [4.69, 9.17) is 9.72 Å². The number of rotatable bonds is 5. The molecule has 24 heavy (non-hydrogen) atoms. The third kappa shape index (κ3) is 3.61. The molecule has 2 heterocycles. The zero-order valence-corrected chi connectivity index (χ0v) is 15.0. The van der Waals surface area contributed by atoms with Crippen molar-refractivity contribution in [1.29, 1.82) is 0 Å². The number of benzene rings is 1. The molecule has 1 aromatic heterocycles. The maximum atomic E-state index is 5.33. The van der Waals surface area contributed by atoms with Gasteiger partial charge in [-0.05, 0) is 49.9 Å². The first-order chi connectivity index (χ1) is 11.6. The van der Waals surface area contributed by atoms with Crippen LogP contribution in [0.5, 0.6) is 5.75 Å². The fraction of sp³-hybridized carbons (Fsp3) is 0.474. The summed E-state index contributed by atoms with van der Waals surface area (Å²) in [6.45, 7) is 8.17. The Balaban J connectivity index is 1.86. The Labute approximate surface area is 144 Å². The monoisotopic (exact) mass is 326 g/mol. The molecule has 0 spiro atoms. The summed E-state index contributed by atoms with van der Waals surface area (Å²) < 4.78 is 5.33. The molecule has 1 N–H and O–H groups in total. The first-order valence-electron chi connectivity index (χ1n) is 8.64. The van der Waals surface area contributed by atoms with Crippen LogP contribution in [0.25, 0.3) is 0 Å². The van der Waals surface area contributed by atoms with Crippen LogP contribution in [0.3, 0.4) is 0 Å². The van der Waals surface area contributed by atoms with E-state index in [1.807, 2.05) is 6.07 Å². The van der Waals surface area contributed by atoms with Crippen molar-refractivity contribution in [3.8, 4) is 5.75 Å². The van der Waals surface area contributed by atoms with Gasteiger partial charge in [0.15, 0.2) is 0 Å². The minimum Gasteiger partial charge on any atom is -0.497 e. The van der Waals surface area contributed by atoms with E-state index in [1.54, 1.807) is 7.11 Å². The average molecular weight is 326 g/mol. The summed E-state index contributed by atoms with van der Waals surface area (Å²) in [5.41, 5.74) is 3.79. The number of nitrogens with zero attached hydrogens (tertiary/aromatic N) is 3. The molecule has 1 aliphatic rings. The topological polar surface area (TPSA) is 50.3 Å². The third-order valence-corrected chi connectivity index (χ3v) is 4.30. The van der Waals surface area contributed by atoms with Crippen LogP contribution >= 0.6 is 0 Å². The smallest absolute Gasteiger partial charge is 0.225 e. The molecule has 1 aliphatic heterocycles. The van der Waals surface area contributed by atoms with E-state index in [9.17, 15) is 0 Å². The molecule has 5 nitrogen and oxygen atoms in total. The first kappa shape index (κ1) is 16.6. The molecule has 0 unspecified atom stereocenters. The number of anilines is 2. The van der Waals surface area contributed by atoms with Crippen LogP contribution < -0.4 is 15.0 Å². The summed E-state index contributed by atoms with van der Waals surface area (Å²) in [5, 5.41) is 3.33. The molecule has 0 saturated carbocycles. The second-order valence-electron chi connectivity index (χ2n) is 6.50. The lowest BCUT2D eigenvalue weighted by Crippen LogP contribution is -2.31. The molecule has 0 atom stereocenters. The van der Waals surface area contributed by atoms with Gasteiger partial charge in [-0.2, -0.15) is 4.98 Å². The minimum atomic E-state index is 0.319. The Bertz CT molecular complexity index is 715. The van der Waals surface area contributed by atoms with E-state index in [-0.39, 0.29) is 0 Å². The van der Waals surface area contributed by atoms with E-state index in [0.717, 1.165) is 49.1 Å². The molecule has 1 aromatic carbocycles. The largest absolute Gasteiger partial charge is 0.497 e. The Morgan fingerprint density at radius 3 is 2.75 bits per heavy atom. The lowest BCUT2D eigenvalue weighted by Gasteiger charge is -2.30. The van der Waals surface area contributed by atoms with Gasteiger partial charge in [0, 0.05) is 30.9 Å².